The minimum Gasteiger partial charge on any atom is -0.261 e. The number of hydrogen-bond acceptors (Lipinski definition) is 2. The molecule has 1 heterocycles. The van der Waals surface area contributed by atoms with Crippen molar-refractivity contribution in [1.29, 1.82) is 0 Å². The third kappa shape index (κ3) is 2.74. The molecule has 1 aliphatic heterocycles. The van der Waals surface area contributed by atoms with Crippen LogP contribution >= 0.6 is 0 Å². The highest BCUT2D eigenvalue weighted by Crippen LogP contribution is 2.25. The van der Waals surface area contributed by atoms with Crippen LogP contribution in [0.15, 0.2) is 48.5 Å². The summed E-state index contributed by atoms with van der Waals surface area (Å²) in [5, 5.41) is 0. The fraction of sp³-hybridized carbons (Fsp3) is 0.294. The predicted molar refractivity (Wildman–Crippen MR) is 89.1 cm³/mol. The number of anilines is 1. The Bertz CT molecular complexity index is 770. The number of aryl methyl sites for hydroxylation is 1. The summed E-state index contributed by atoms with van der Waals surface area (Å²) in [5.74, 6) is 0. The molecule has 116 valence electrons. The first-order chi connectivity index (χ1) is 10.5. The average Bonchev–Trinajstić information content (AvgIpc) is 2.54. The van der Waals surface area contributed by atoms with E-state index in [0.29, 0.717) is 18.8 Å². The first kappa shape index (κ1) is 15.1. The normalized spacial score (nSPS) is 15.4. The summed E-state index contributed by atoms with van der Waals surface area (Å²) in [7, 11) is -1.89. The van der Waals surface area contributed by atoms with Crippen LogP contribution in [0.3, 0.4) is 0 Å². The van der Waals surface area contributed by atoms with Gasteiger partial charge in [0.15, 0.2) is 0 Å². The zero-order valence-corrected chi connectivity index (χ0v) is 13.7. The molecule has 5 heteroatoms. The van der Waals surface area contributed by atoms with Crippen molar-refractivity contribution < 1.29 is 8.42 Å². The molecule has 22 heavy (non-hydrogen) atoms. The zero-order chi connectivity index (χ0) is 15.7. The van der Waals surface area contributed by atoms with Crippen LogP contribution in [0, 0.1) is 6.92 Å². The van der Waals surface area contributed by atoms with Crippen molar-refractivity contribution in [3.63, 3.8) is 0 Å². The molecule has 0 saturated carbocycles. The van der Waals surface area contributed by atoms with Gasteiger partial charge >= 0.3 is 10.2 Å². The smallest absolute Gasteiger partial charge is 0.261 e. The second-order valence-electron chi connectivity index (χ2n) is 5.66. The molecule has 3 rings (SSSR count). The van der Waals surface area contributed by atoms with Crippen LogP contribution in [-0.4, -0.2) is 26.3 Å². The summed E-state index contributed by atoms with van der Waals surface area (Å²) in [5.41, 5.74) is 4.13. The summed E-state index contributed by atoms with van der Waals surface area (Å²) in [6.45, 7) is 2.95. The van der Waals surface area contributed by atoms with Crippen LogP contribution in [0.25, 0.3) is 0 Å². The Morgan fingerprint density at radius 3 is 2.32 bits per heavy atom. The van der Waals surface area contributed by atoms with E-state index in [2.05, 4.69) is 6.07 Å². The largest absolute Gasteiger partial charge is 0.304 e. The highest BCUT2D eigenvalue weighted by Gasteiger charge is 2.30. The maximum atomic E-state index is 12.8. The van der Waals surface area contributed by atoms with E-state index in [0.717, 1.165) is 17.5 Å². The lowest BCUT2D eigenvalue weighted by atomic mass is 10.0. The van der Waals surface area contributed by atoms with Gasteiger partial charge < -0.3 is 0 Å². The number of rotatable bonds is 3. The van der Waals surface area contributed by atoms with Gasteiger partial charge in [-0.1, -0.05) is 42.0 Å². The van der Waals surface area contributed by atoms with E-state index < -0.39 is 10.2 Å². The molecule has 0 saturated heterocycles. The Morgan fingerprint density at radius 1 is 1.00 bits per heavy atom. The Hall–Kier alpha value is -1.85. The molecule has 0 fully saturated rings. The maximum absolute atomic E-state index is 12.8. The van der Waals surface area contributed by atoms with Crippen LogP contribution in [0.5, 0.6) is 0 Å². The molecule has 0 atom stereocenters. The fourth-order valence-electron chi connectivity index (χ4n) is 2.73. The van der Waals surface area contributed by atoms with Crippen molar-refractivity contribution in [2.75, 3.05) is 17.9 Å². The number of fused-ring (bicyclic) bond motifs is 1. The number of benzene rings is 2. The van der Waals surface area contributed by atoms with E-state index in [1.54, 1.807) is 11.4 Å². The molecular formula is C17H20N2O2S. The molecule has 0 unspecified atom stereocenters. The molecule has 4 nitrogen and oxygen atoms in total. The third-order valence-corrected chi connectivity index (χ3v) is 6.03. The SMILES string of the molecule is Cc1ccc(N(C)S(=O)(=O)N2CCc3ccccc3C2)cc1. The number of nitrogens with zero attached hydrogens (tertiary/aromatic N) is 2. The lowest BCUT2D eigenvalue weighted by Gasteiger charge is -2.32. The van der Waals surface area contributed by atoms with Crippen LogP contribution in [0.2, 0.25) is 0 Å². The average molecular weight is 316 g/mol. The lowest BCUT2D eigenvalue weighted by Crippen LogP contribution is -2.44. The van der Waals surface area contributed by atoms with Gasteiger partial charge in [0.1, 0.15) is 0 Å². The van der Waals surface area contributed by atoms with E-state index in [9.17, 15) is 8.42 Å². The topological polar surface area (TPSA) is 40.6 Å². The van der Waals surface area contributed by atoms with Gasteiger partial charge in [0.2, 0.25) is 0 Å². The van der Waals surface area contributed by atoms with Gasteiger partial charge in [0, 0.05) is 20.1 Å². The van der Waals surface area contributed by atoms with Crippen molar-refractivity contribution in [3.8, 4) is 0 Å². The van der Waals surface area contributed by atoms with Crippen molar-refractivity contribution in [2.24, 2.45) is 0 Å². The van der Waals surface area contributed by atoms with E-state index in [-0.39, 0.29) is 0 Å². The Morgan fingerprint density at radius 2 is 1.64 bits per heavy atom. The van der Waals surface area contributed by atoms with Crippen molar-refractivity contribution in [2.45, 2.75) is 19.9 Å². The minimum absolute atomic E-state index is 0.439. The monoisotopic (exact) mass is 316 g/mol. The first-order valence-electron chi connectivity index (χ1n) is 7.36. The lowest BCUT2D eigenvalue weighted by molar-refractivity contribution is 0.390. The van der Waals surface area contributed by atoms with Crippen molar-refractivity contribution >= 4 is 15.9 Å². The Labute approximate surface area is 132 Å². The maximum Gasteiger partial charge on any atom is 0.304 e. The van der Waals surface area contributed by atoms with Gasteiger partial charge in [-0.2, -0.15) is 12.7 Å². The van der Waals surface area contributed by atoms with E-state index in [1.807, 2.05) is 49.4 Å². The van der Waals surface area contributed by atoms with Gasteiger partial charge in [-0.15, -0.1) is 0 Å². The van der Waals surface area contributed by atoms with Crippen LogP contribution in [0.4, 0.5) is 5.69 Å². The van der Waals surface area contributed by atoms with Crippen LogP contribution in [0.1, 0.15) is 16.7 Å². The summed E-state index contributed by atoms with van der Waals surface area (Å²) in [6.07, 6.45) is 0.761. The summed E-state index contributed by atoms with van der Waals surface area (Å²) < 4.78 is 28.6. The summed E-state index contributed by atoms with van der Waals surface area (Å²) in [6, 6.07) is 15.6. The molecule has 0 bridgehead atoms. The molecule has 0 radical (unpaired) electrons. The Kier molecular flexibility index (Phi) is 3.93. The van der Waals surface area contributed by atoms with Gasteiger partial charge in [-0.3, -0.25) is 4.31 Å². The molecule has 0 aliphatic carbocycles. The Balaban J connectivity index is 1.86. The highest BCUT2D eigenvalue weighted by molar-refractivity contribution is 7.90. The molecule has 0 amide bonds. The first-order valence-corrected chi connectivity index (χ1v) is 8.75. The van der Waals surface area contributed by atoms with Gasteiger partial charge in [-0.25, -0.2) is 0 Å². The zero-order valence-electron chi connectivity index (χ0n) is 12.9. The quantitative estimate of drug-likeness (QED) is 0.873. The standard InChI is InChI=1S/C17H20N2O2S/c1-14-7-9-17(10-8-14)18(2)22(20,21)19-12-11-15-5-3-4-6-16(15)13-19/h3-10H,11-13H2,1-2H3. The van der Waals surface area contributed by atoms with Gasteiger partial charge in [0.05, 0.1) is 5.69 Å². The molecule has 1 aliphatic rings. The molecule has 2 aromatic carbocycles. The number of hydrogen-bond donors (Lipinski definition) is 0. The van der Waals surface area contributed by atoms with Crippen molar-refractivity contribution in [1.82, 2.24) is 4.31 Å². The molecule has 0 N–H and O–H groups in total. The molecular weight excluding hydrogens is 296 g/mol. The minimum atomic E-state index is -3.50. The van der Waals surface area contributed by atoms with Gasteiger partial charge in [0.25, 0.3) is 0 Å². The second kappa shape index (κ2) is 5.74. The molecule has 0 aromatic heterocycles. The van der Waals surface area contributed by atoms with Crippen LogP contribution in [-0.2, 0) is 23.2 Å². The summed E-state index contributed by atoms with van der Waals surface area (Å²) >= 11 is 0. The molecule has 2 aromatic rings. The predicted octanol–water partition coefficient (Wildman–Crippen LogP) is 2.73. The van der Waals surface area contributed by atoms with Crippen LogP contribution < -0.4 is 4.31 Å². The second-order valence-corrected chi connectivity index (χ2v) is 7.62. The van der Waals surface area contributed by atoms with E-state index >= 15 is 0 Å². The van der Waals surface area contributed by atoms with E-state index in [4.69, 9.17) is 0 Å². The highest BCUT2D eigenvalue weighted by atomic mass is 32.2. The molecule has 0 spiro atoms. The van der Waals surface area contributed by atoms with E-state index in [1.165, 1.54) is 9.87 Å². The summed E-state index contributed by atoms with van der Waals surface area (Å²) in [4.78, 5) is 0. The fourth-order valence-corrected chi connectivity index (χ4v) is 4.09. The van der Waals surface area contributed by atoms with Crippen molar-refractivity contribution in [3.05, 3.63) is 65.2 Å². The van der Waals surface area contributed by atoms with Gasteiger partial charge in [-0.05, 0) is 36.6 Å². The third-order valence-electron chi connectivity index (χ3n) is 4.17.